The third-order valence-corrected chi connectivity index (χ3v) is 2.81. The molecule has 1 aromatic carbocycles. The molecule has 0 radical (unpaired) electrons. The highest BCUT2D eigenvalue weighted by Crippen LogP contribution is 2.37. The molecule has 1 aromatic rings. The van der Waals surface area contributed by atoms with Gasteiger partial charge in [-0.2, -0.15) is 5.26 Å². The third-order valence-electron chi connectivity index (χ3n) is 2.81. The van der Waals surface area contributed by atoms with E-state index in [0.717, 1.165) is 24.9 Å². The van der Waals surface area contributed by atoms with E-state index in [0.29, 0.717) is 5.56 Å². The number of nitriles is 1. The van der Waals surface area contributed by atoms with Gasteiger partial charge in [0, 0.05) is 12.8 Å². The van der Waals surface area contributed by atoms with Gasteiger partial charge >= 0.3 is 5.66 Å². The van der Waals surface area contributed by atoms with Crippen LogP contribution in [0, 0.1) is 17.9 Å². The van der Waals surface area contributed by atoms with Crippen molar-refractivity contribution in [2.24, 2.45) is 0 Å². The first-order valence-corrected chi connectivity index (χ1v) is 4.96. The lowest BCUT2D eigenvalue weighted by Crippen LogP contribution is -2.41. The molecule has 0 unspecified atom stereocenters. The molecule has 1 fully saturated rings. The minimum atomic E-state index is -0.451. The number of rotatable bonds is 2. The maximum Gasteiger partial charge on any atom is 0.305 e. The van der Waals surface area contributed by atoms with Gasteiger partial charge in [0.15, 0.2) is 0 Å². The number of benzene rings is 1. The Morgan fingerprint density at radius 2 is 2.13 bits per heavy atom. The first-order chi connectivity index (χ1) is 7.29. The summed E-state index contributed by atoms with van der Waals surface area (Å²) in [4.78, 5) is 3.63. The monoisotopic (exact) mass is 197 g/mol. The van der Waals surface area contributed by atoms with E-state index in [9.17, 15) is 0 Å². The highest BCUT2D eigenvalue weighted by molar-refractivity contribution is 5.59. The molecule has 1 aliphatic rings. The standard InChI is InChI=1S/C12H11N3/c1-14-12(7-4-8-12)15-11-6-3-2-5-10(11)9-13/h2-3,5-6,15H,4,7-8H2. The van der Waals surface area contributed by atoms with Crippen LogP contribution in [-0.2, 0) is 0 Å². The van der Waals surface area contributed by atoms with Crippen molar-refractivity contribution in [2.45, 2.75) is 24.9 Å². The van der Waals surface area contributed by atoms with Crippen molar-refractivity contribution in [2.75, 3.05) is 5.32 Å². The Bertz CT molecular complexity index is 447. The highest BCUT2D eigenvalue weighted by atomic mass is 15.1. The topological polar surface area (TPSA) is 40.2 Å². The van der Waals surface area contributed by atoms with Gasteiger partial charge in [-0.1, -0.05) is 12.1 Å². The largest absolute Gasteiger partial charge is 0.313 e. The molecule has 0 aliphatic heterocycles. The van der Waals surface area contributed by atoms with Crippen molar-refractivity contribution in [3.63, 3.8) is 0 Å². The molecule has 15 heavy (non-hydrogen) atoms. The summed E-state index contributed by atoms with van der Waals surface area (Å²) in [5.41, 5.74) is 0.926. The second-order valence-corrected chi connectivity index (χ2v) is 3.78. The Kier molecular flexibility index (Phi) is 2.31. The van der Waals surface area contributed by atoms with Crippen molar-refractivity contribution in [1.29, 1.82) is 5.26 Å². The summed E-state index contributed by atoms with van der Waals surface area (Å²) in [6.45, 7) is 7.16. The molecule has 1 N–H and O–H groups in total. The van der Waals surface area contributed by atoms with Crippen LogP contribution in [0.5, 0.6) is 0 Å². The van der Waals surface area contributed by atoms with E-state index in [1.807, 2.05) is 18.2 Å². The van der Waals surface area contributed by atoms with Crippen molar-refractivity contribution in [3.8, 4) is 6.07 Å². The number of para-hydroxylation sites is 1. The molecule has 0 aromatic heterocycles. The Morgan fingerprint density at radius 1 is 1.40 bits per heavy atom. The molecule has 74 valence electrons. The molecule has 2 rings (SSSR count). The normalized spacial score (nSPS) is 16.9. The number of nitrogens with one attached hydrogen (secondary N) is 1. The molecule has 0 amide bonds. The lowest BCUT2D eigenvalue weighted by Gasteiger charge is -2.31. The minimum Gasteiger partial charge on any atom is -0.313 e. The van der Waals surface area contributed by atoms with Crippen LogP contribution in [0.25, 0.3) is 4.85 Å². The molecule has 0 bridgehead atoms. The first kappa shape index (κ1) is 9.55. The molecule has 3 heteroatoms. The van der Waals surface area contributed by atoms with Crippen LogP contribution >= 0.6 is 0 Å². The number of hydrogen-bond acceptors (Lipinski definition) is 2. The van der Waals surface area contributed by atoms with Crippen molar-refractivity contribution in [3.05, 3.63) is 41.2 Å². The highest BCUT2D eigenvalue weighted by Gasteiger charge is 2.44. The van der Waals surface area contributed by atoms with Crippen LogP contribution < -0.4 is 5.32 Å². The van der Waals surface area contributed by atoms with Gasteiger partial charge in [-0.3, -0.25) is 4.85 Å². The Labute approximate surface area is 89.2 Å². The van der Waals surface area contributed by atoms with E-state index < -0.39 is 5.66 Å². The molecular weight excluding hydrogens is 186 g/mol. The number of nitrogens with zero attached hydrogens (tertiary/aromatic N) is 2. The first-order valence-electron chi connectivity index (χ1n) is 4.96. The summed E-state index contributed by atoms with van der Waals surface area (Å²) < 4.78 is 0. The van der Waals surface area contributed by atoms with Gasteiger partial charge in [-0.25, -0.2) is 6.57 Å². The minimum absolute atomic E-state index is 0.451. The zero-order chi connectivity index (χ0) is 10.7. The zero-order valence-corrected chi connectivity index (χ0v) is 8.33. The fourth-order valence-corrected chi connectivity index (χ4v) is 1.72. The lowest BCUT2D eigenvalue weighted by atomic mass is 9.85. The van der Waals surface area contributed by atoms with Crippen LogP contribution in [0.3, 0.4) is 0 Å². The summed E-state index contributed by atoms with van der Waals surface area (Å²) in [6.07, 6.45) is 2.83. The molecule has 1 aliphatic carbocycles. The molecule has 0 heterocycles. The second kappa shape index (κ2) is 3.63. The maximum absolute atomic E-state index is 8.91. The van der Waals surface area contributed by atoms with E-state index in [2.05, 4.69) is 16.2 Å². The fraction of sp³-hybridized carbons (Fsp3) is 0.333. The quantitative estimate of drug-likeness (QED) is 0.740. The van der Waals surface area contributed by atoms with E-state index in [4.69, 9.17) is 11.8 Å². The van der Waals surface area contributed by atoms with Crippen LogP contribution in [0.1, 0.15) is 24.8 Å². The van der Waals surface area contributed by atoms with E-state index in [1.54, 1.807) is 6.07 Å². The van der Waals surface area contributed by atoms with E-state index in [1.165, 1.54) is 0 Å². The Hall–Kier alpha value is -2.00. The Morgan fingerprint density at radius 3 is 2.67 bits per heavy atom. The van der Waals surface area contributed by atoms with Gasteiger partial charge in [0.05, 0.1) is 11.3 Å². The zero-order valence-electron chi connectivity index (χ0n) is 8.33. The molecule has 3 nitrogen and oxygen atoms in total. The van der Waals surface area contributed by atoms with Crippen LogP contribution in [0.4, 0.5) is 5.69 Å². The fourth-order valence-electron chi connectivity index (χ4n) is 1.72. The molecule has 1 saturated carbocycles. The second-order valence-electron chi connectivity index (χ2n) is 3.78. The van der Waals surface area contributed by atoms with Gasteiger partial charge in [0.25, 0.3) is 0 Å². The van der Waals surface area contributed by atoms with Crippen molar-refractivity contribution < 1.29 is 0 Å². The predicted octanol–water partition coefficient (Wildman–Crippen LogP) is 2.77. The Balaban J connectivity index is 2.25. The lowest BCUT2D eigenvalue weighted by molar-refractivity contribution is 0.343. The van der Waals surface area contributed by atoms with Crippen molar-refractivity contribution in [1.82, 2.24) is 0 Å². The van der Waals surface area contributed by atoms with Crippen LogP contribution in [0.2, 0.25) is 0 Å². The average Bonchev–Trinajstić information content (AvgIpc) is 2.24. The summed E-state index contributed by atoms with van der Waals surface area (Å²) in [5, 5.41) is 12.1. The van der Waals surface area contributed by atoms with Crippen LogP contribution in [0.15, 0.2) is 24.3 Å². The van der Waals surface area contributed by atoms with E-state index >= 15 is 0 Å². The van der Waals surface area contributed by atoms with Gasteiger partial charge in [0.2, 0.25) is 0 Å². The maximum atomic E-state index is 8.91. The van der Waals surface area contributed by atoms with Gasteiger partial charge in [-0.15, -0.1) is 0 Å². The van der Waals surface area contributed by atoms with Crippen molar-refractivity contribution >= 4 is 5.69 Å². The summed E-state index contributed by atoms with van der Waals surface area (Å²) >= 11 is 0. The molecular formula is C12H11N3. The molecule has 0 atom stereocenters. The van der Waals surface area contributed by atoms with Gasteiger partial charge in [0.1, 0.15) is 6.07 Å². The smallest absolute Gasteiger partial charge is 0.305 e. The molecule has 0 saturated heterocycles. The van der Waals surface area contributed by atoms with Crippen LogP contribution in [-0.4, -0.2) is 5.66 Å². The van der Waals surface area contributed by atoms with Gasteiger partial charge in [-0.05, 0) is 18.6 Å². The third kappa shape index (κ3) is 1.65. The van der Waals surface area contributed by atoms with E-state index in [-0.39, 0.29) is 0 Å². The predicted molar refractivity (Wildman–Crippen MR) is 58.0 cm³/mol. The summed E-state index contributed by atoms with van der Waals surface area (Å²) in [5.74, 6) is 0. The number of anilines is 1. The number of hydrogen-bond donors (Lipinski definition) is 1. The summed E-state index contributed by atoms with van der Waals surface area (Å²) in [6, 6.07) is 9.44. The summed E-state index contributed by atoms with van der Waals surface area (Å²) in [7, 11) is 0. The van der Waals surface area contributed by atoms with Gasteiger partial charge < -0.3 is 5.32 Å². The SMILES string of the molecule is [C-]#[N+]C1(Nc2ccccc2C#N)CCC1. The molecule has 0 spiro atoms. The average molecular weight is 197 g/mol.